The maximum atomic E-state index is 12.4. The molecule has 8 nitrogen and oxygen atoms in total. The number of hydrogen-bond donors (Lipinski definition) is 1. The minimum atomic E-state index is -0.389. The maximum absolute atomic E-state index is 12.4. The van der Waals surface area contributed by atoms with Gasteiger partial charge in [0.15, 0.2) is 0 Å². The zero-order valence-electron chi connectivity index (χ0n) is 15.0. The van der Waals surface area contributed by atoms with Gasteiger partial charge < -0.3 is 10.1 Å². The Labute approximate surface area is 160 Å². The molecule has 142 valence electrons. The third-order valence-corrected chi connectivity index (χ3v) is 4.52. The molecule has 0 saturated carbocycles. The van der Waals surface area contributed by atoms with Crippen molar-refractivity contribution in [3.8, 4) is 0 Å². The summed E-state index contributed by atoms with van der Waals surface area (Å²) in [5, 5.41) is 7.53. The van der Waals surface area contributed by atoms with Gasteiger partial charge in [-0.05, 0) is 30.3 Å². The van der Waals surface area contributed by atoms with Gasteiger partial charge in [0, 0.05) is 23.2 Å². The first-order chi connectivity index (χ1) is 13.6. The van der Waals surface area contributed by atoms with Crippen molar-refractivity contribution in [2.45, 2.75) is 13.0 Å². The molecule has 1 aliphatic rings. The van der Waals surface area contributed by atoms with Gasteiger partial charge in [-0.25, -0.2) is 4.79 Å². The zero-order chi connectivity index (χ0) is 19.5. The van der Waals surface area contributed by atoms with E-state index in [0.29, 0.717) is 42.0 Å². The quantitative estimate of drug-likeness (QED) is 0.736. The summed E-state index contributed by atoms with van der Waals surface area (Å²) in [4.78, 5) is 37.5. The van der Waals surface area contributed by atoms with Crippen molar-refractivity contribution in [3.05, 3.63) is 65.0 Å². The van der Waals surface area contributed by atoms with Crippen LogP contribution in [0.2, 0.25) is 0 Å². The number of amides is 2. The number of ether oxygens (including phenoxy) is 1. The fourth-order valence-corrected chi connectivity index (χ4v) is 3.15. The average Bonchev–Trinajstić information content (AvgIpc) is 3.14. The van der Waals surface area contributed by atoms with E-state index >= 15 is 0 Å². The number of fused-ring (bicyclic) bond motifs is 1. The van der Waals surface area contributed by atoms with E-state index < -0.39 is 0 Å². The van der Waals surface area contributed by atoms with Crippen LogP contribution in [-0.2, 0) is 16.1 Å². The summed E-state index contributed by atoms with van der Waals surface area (Å²) in [7, 11) is 0. The van der Waals surface area contributed by atoms with E-state index in [-0.39, 0.29) is 23.9 Å². The number of anilines is 2. The van der Waals surface area contributed by atoms with Crippen molar-refractivity contribution in [1.82, 2.24) is 9.78 Å². The number of nitrogens with one attached hydrogen (secondary N) is 1. The summed E-state index contributed by atoms with van der Waals surface area (Å²) in [5.41, 5.74) is 1.82. The molecular weight excluding hydrogens is 360 g/mol. The molecule has 2 aromatic carbocycles. The predicted molar refractivity (Wildman–Crippen MR) is 104 cm³/mol. The van der Waals surface area contributed by atoms with Gasteiger partial charge in [-0.15, -0.1) is 0 Å². The van der Waals surface area contributed by atoms with Gasteiger partial charge in [0.2, 0.25) is 11.3 Å². The molecular formula is C20H18N4O4. The van der Waals surface area contributed by atoms with Crippen molar-refractivity contribution in [2.75, 3.05) is 23.4 Å². The standard InChI is InChI=1S/C20H18N4O4/c25-18-13-21-24(17-7-2-1-6-16(17)18)9-8-19(26)22-14-4-3-5-15(12-14)23-10-11-28-20(23)27/h1-7,12-13H,8-11H2,(H,22,26). The number of carbonyl (C=O) groups excluding carboxylic acids is 2. The van der Waals surface area contributed by atoms with Crippen LogP contribution in [0.4, 0.5) is 16.2 Å². The van der Waals surface area contributed by atoms with Crippen molar-refractivity contribution in [1.29, 1.82) is 0 Å². The van der Waals surface area contributed by atoms with Gasteiger partial charge in [0.1, 0.15) is 6.61 Å². The Morgan fingerprint density at radius 1 is 1.14 bits per heavy atom. The number of aryl methyl sites for hydroxylation is 1. The summed E-state index contributed by atoms with van der Waals surface area (Å²) in [6.07, 6.45) is 1.06. The van der Waals surface area contributed by atoms with E-state index in [1.54, 1.807) is 47.1 Å². The highest BCUT2D eigenvalue weighted by molar-refractivity contribution is 5.93. The van der Waals surface area contributed by atoms with Crippen molar-refractivity contribution < 1.29 is 14.3 Å². The van der Waals surface area contributed by atoms with Crippen LogP contribution in [0, 0.1) is 0 Å². The second-order valence-corrected chi connectivity index (χ2v) is 6.36. The fraction of sp³-hybridized carbons (Fsp3) is 0.200. The Morgan fingerprint density at radius 3 is 2.82 bits per heavy atom. The summed E-state index contributed by atoms with van der Waals surface area (Å²) in [5.74, 6) is -0.189. The molecule has 0 atom stereocenters. The predicted octanol–water partition coefficient (Wildman–Crippen LogP) is 2.38. The SMILES string of the molecule is O=C(CCn1ncc(=O)c2ccccc21)Nc1cccc(N2CCOC2=O)c1. The number of carbonyl (C=O) groups is 2. The van der Waals surface area contributed by atoms with E-state index in [0.717, 1.165) is 0 Å². The van der Waals surface area contributed by atoms with Crippen molar-refractivity contribution in [3.63, 3.8) is 0 Å². The van der Waals surface area contributed by atoms with Crippen LogP contribution in [0.1, 0.15) is 6.42 Å². The molecule has 28 heavy (non-hydrogen) atoms. The Kier molecular flexibility index (Phi) is 4.76. The average molecular weight is 378 g/mol. The lowest BCUT2D eigenvalue weighted by Crippen LogP contribution is -2.23. The first kappa shape index (κ1) is 17.7. The molecule has 2 amide bonds. The lowest BCUT2D eigenvalue weighted by molar-refractivity contribution is -0.116. The Morgan fingerprint density at radius 2 is 2.00 bits per heavy atom. The summed E-state index contributed by atoms with van der Waals surface area (Å²) < 4.78 is 6.59. The number of para-hydroxylation sites is 1. The second-order valence-electron chi connectivity index (χ2n) is 6.36. The van der Waals surface area contributed by atoms with Crippen molar-refractivity contribution >= 4 is 34.3 Å². The smallest absolute Gasteiger partial charge is 0.414 e. The number of rotatable bonds is 5. The molecule has 1 aliphatic heterocycles. The molecule has 1 N–H and O–H groups in total. The number of benzene rings is 2. The highest BCUT2D eigenvalue weighted by Gasteiger charge is 2.23. The fourth-order valence-electron chi connectivity index (χ4n) is 3.15. The van der Waals surface area contributed by atoms with Crippen LogP contribution >= 0.6 is 0 Å². The monoisotopic (exact) mass is 378 g/mol. The van der Waals surface area contributed by atoms with Crippen LogP contribution in [0.25, 0.3) is 10.9 Å². The van der Waals surface area contributed by atoms with Crippen LogP contribution < -0.4 is 15.6 Å². The zero-order valence-corrected chi connectivity index (χ0v) is 15.0. The highest BCUT2D eigenvalue weighted by Crippen LogP contribution is 2.22. The third-order valence-electron chi connectivity index (χ3n) is 4.52. The molecule has 0 unspecified atom stereocenters. The van der Waals surface area contributed by atoms with E-state index in [1.807, 2.05) is 6.07 Å². The van der Waals surface area contributed by atoms with E-state index in [1.165, 1.54) is 11.1 Å². The Balaban J connectivity index is 1.44. The van der Waals surface area contributed by atoms with Gasteiger partial charge >= 0.3 is 6.09 Å². The summed E-state index contributed by atoms with van der Waals surface area (Å²) >= 11 is 0. The first-order valence-corrected chi connectivity index (χ1v) is 8.91. The number of cyclic esters (lactones) is 1. The van der Waals surface area contributed by atoms with Gasteiger partial charge in [-0.3, -0.25) is 19.2 Å². The molecule has 1 saturated heterocycles. The van der Waals surface area contributed by atoms with E-state index in [4.69, 9.17) is 4.74 Å². The summed E-state index contributed by atoms with van der Waals surface area (Å²) in [6.45, 7) is 1.18. The van der Waals surface area contributed by atoms with Crippen LogP contribution in [0.15, 0.2) is 59.5 Å². The second kappa shape index (κ2) is 7.51. The van der Waals surface area contributed by atoms with Gasteiger partial charge in [-0.1, -0.05) is 18.2 Å². The lowest BCUT2D eigenvalue weighted by atomic mass is 10.2. The van der Waals surface area contributed by atoms with E-state index in [9.17, 15) is 14.4 Å². The molecule has 0 spiro atoms. The number of nitrogens with zero attached hydrogens (tertiary/aromatic N) is 3. The topological polar surface area (TPSA) is 93.5 Å². The van der Waals surface area contributed by atoms with Gasteiger partial charge in [0.25, 0.3) is 0 Å². The molecule has 4 rings (SSSR count). The van der Waals surface area contributed by atoms with Gasteiger partial charge in [0.05, 0.1) is 24.8 Å². The molecule has 1 aromatic heterocycles. The Bertz CT molecular complexity index is 1110. The van der Waals surface area contributed by atoms with Crippen LogP contribution in [0.5, 0.6) is 0 Å². The highest BCUT2D eigenvalue weighted by atomic mass is 16.6. The van der Waals surface area contributed by atoms with E-state index in [2.05, 4.69) is 10.4 Å². The molecule has 0 bridgehead atoms. The molecule has 8 heteroatoms. The molecule has 3 aromatic rings. The Hall–Kier alpha value is -3.68. The lowest BCUT2D eigenvalue weighted by Gasteiger charge is -2.14. The normalized spacial score (nSPS) is 13.6. The largest absolute Gasteiger partial charge is 0.447 e. The number of aromatic nitrogens is 2. The molecule has 0 radical (unpaired) electrons. The van der Waals surface area contributed by atoms with Gasteiger partial charge in [-0.2, -0.15) is 5.10 Å². The van der Waals surface area contributed by atoms with Crippen LogP contribution in [-0.4, -0.2) is 34.9 Å². The first-order valence-electron chi connectivity index (χ1n) is 8.91. The minimum Gasteiger partial charge on any atom is -0.447 e. The molecule has 1 fully saturated rings. The molecule has 0 aliphatic carbocycles. The summed E-state index contributed by atoms with van der Waals surface area (Å²) in [6, 6.07) is 14.2. The maximum Gasteiger partial charge on any atom is 0.414 e. The van der Waals surface area contributed by atoms with Crippen LogP contribution in [0.3, 0.4) is 0 Å². The molecule has 2 heterocycles. The van der Waals surface area contributed by atoms with Crippen molar-refractivity contribution in [2.24, 2.45) is 0 Å². The third kappa shape index (κ3) is 3.57. The number of hydrogen-bond acceptors (Lipinski definition) is 5. The minimum absolute atomic E-state index is 0.145.